The molecule has 0 radical (unpaired) electrons. The highest BCUT2D eigenvalue weighted by Crippen LogP contribution is 2.38. The van der Waals surface area contributed by atoms with Gasteiger partial charge in [-0.2, -0.15) is 0 Å². The third kappa shape index (κ3) is 3.39. The van der Waals surface area contributed by atoms with Crippen molar-refractivity contribution in [1.82, 2.24) is 5.32 Å². The van der Waals surface area contributed by atoms with Crippen molar-refractivity contribution >= 4 is 21.8 Å². The smallest absolute Gasteiger partial charge is 0.251 e. The summed E-state index contributed by atoms with van der Waals surface area (Å²) < 4.78 is 16.7. The Morgan fingerprint density at radius 1 is 1.47 bits per heavy atom. The van der Waals surface area contributed by atoms with Crippen LogP contribution in [-0.4, -0.2) is 38.9 Å². The number of benzene rings is 1. The number of amides is 1. The summed E-state index contributed by atoms with van der Waals surface area (Å²) in [5, 5.41) is 2.85. The molecule has 0 saturated carbocycles. The average molecular weight is 330 g/mol. The van der Waals surface area contributed by atoms with E-state index in [0.29, 0.717) is 41.4 Å². The summed E-state index contributed by atoms with van der Waals surface area (Å²) in [6, 6.07) is 3.36. The minimum atomic E-state index is -0.165. The van der Waals surface area contributed by atoms with Gasteiger partial charge in [-0.15, -0.1) is 0 Å². The first-order valence-electron chi connectivity index (χ1n) is 6.00. The van der Waals surface area contributed by atoms with Crippen molar-refractivity contribution in [3.8, 4) is 11.5 Å². The highest BCUT2D eigenvalue weighted by molar-refractivity contribution is 9.10. The quantitative estimate of drug-likeness (QED) is 0.917. The van der Waals surface area contributed by atoms with E-state index in [-0.39, 0.29) is 11.9 Å². The maximum Gasteiger partial charge on any atom is 0.251 e. The van der Waals surface area contributed by atoms with Crippen LogP contribution in [0.5, 0.6) is 11.5 Å². The monoisotopic (exact) mass is 329 g/mol. The van der Waals surface area contributed by atoms with Gasteiger partial charge in [0.1, 0.15) is 13.2 Å². The van der Waals surface area contributed by atoms with Crippen LogP contribution < -0.4 is 14.8 Å². The molecule has 0 bridgehead atoms. The third-order valence-electron chi connectivity index (χ3n) is 2.65. The first-order valence-corrected chi connectivity index (χ1v) is 6.80. The van der Waals surface area contributed by atoms with E-state index >= 15 is 0 Å². The van der Waals surface area contributed by atoms with Crippen LogP contribution in [0.2, 0.25) is 0 Å². The minimum absolute atomic E-state index is 0.0514. The van der Waals surface area contributed by atoms with Gasteiger partial charge in [0, 0.05) is 18.7 Å². The molecule has 1 aromatic rings. The van der Waals surface area contributed by atoms with E-state index in [1.807, 2.05) is 6.92 Å². The minimum Gasteiger partial charge on any atom is -0.486 e. The van der Waals surface area contributed by atoms with Crippen LogP contribution >= 0.6 is 15.9 Å². The zero-order valence-corrected chi connectivity index (χ0v) is 12.5. The molecule has 2 rings (SSSR count). The SMILES string of the molecule is COCC(C)NC(=O)c1cc(Br)c2c(c1)OCCO2. The number of carbonyl (C=O) groups is 1. The van der Waals surface area contributed by atoms with E-state index in [9.17, 15) is 4.79 Å². The second-order valence-corrected chi connectivity index (χ2v) is 5.17. The van der Waals surface area contributed by atoms with E-state index < -0.39 is 0 Å². The van der Waals surface area contributed by atoms with Gasteiger partial charge in [-0.25, -0.2) is 0 Å². The average Bonchev–Trinajstić information content (AvgIpc) is 2.39. The van der Waals surface area contributed by atoms with Crippen molar-refractivity contribution in [3.63, 3.8) is 0 Å². The molecule has 0 aliphatic carbocycles. The molecule has 1 aliphatic heterocycles. The standard InChI is InChI=1S/C13H16BrNO4/c1-8(7-17-2)15-13(16)9-5-10(14)12-11(6-9)18-3-4-19-12/h5-6,8H,3-4,7H2,1-2H3,(H,15,16). The van der Waals surface area contributed by atoms with E-state index in [4.69, 9.17) is 14.2 Å². The summed E-state index contributed by atoms with van der Waals surface area (Å²) in [4.78, 5) is 12.1. The maximum absolute atomic E-state index is 12.1. The predicted molar refractivity (Wildman–Crippen MR) is 73.9 cm³/mol. The fourth-order valence-corrected chi connectivity index (χ4v) is 2.40. The molecule has 1 N–H and O–H groups in total. The van der Waals surface area contributed by atoms with Gasteiger partial charge in [-0.3, -0.25) is 4.79 Å². The normalized spacial score (nSPS) is 14.9. The number of rotatable bonds is 4. The van der Waals surface area contributed by atoms with E-state index in [0.717, 1.165) is 0 Å². The third-order valence-corrected chi connectivity index (χ3v) is 3.24. The molecular formula is C13H16BrNO4. The van der Waals surface area contributed by atoms with Crippen LogP contribution in [0.3, 0.4) is 0 Å². The number of methoxy groups -OCH3 is 1. The summed E-state index contributed by atoms with van der Waals surface area (Å²) in [6.45, 7) is 3.36. The first kappa shape index (κ1) is 14.1. The molecule has 104 valence electrons. The lowest BCUT2D eigenvalue weighted by Crippen LogP contribution is -2.35. The summed E-state index contributed by atoms with van der Waals surface area (Å²) in [6.07, 6.45) is 0. The van der Waals surface area contributed by atoms with Gasteiger partial charge in [0.2, 0.25) is 0 Å². The van der Waals surface area contributed by atoms with Gasteiger partial charge in [-0.1, -0.05) is 0 Å². The lowest BCUT2D eigenvalue weighted by molar-refractivity contribution is 0.0904. The molecule has 5 nitrogen and oxygen atoms in total. The molecule has 1 amide bonds. The fourth-order valence-electron chi connectivity index (χ4n) is 1.84. The van der Waals surface area contributed by atoms with Crippen molar-refractivity contribution < 1.29 is 19.0 Å². The lowest BCUT2D eigenvalue weighted by Gasteiger charge is -2.20. The van der Waals surface area contributed by atoms with Crippen molar-refractivity contribution in [2.75, 3.05) is 26.9 Å². The largest absolute Gasteiger partial charge is 0.486 e. The van der Waals surface area contributed by atoms with Crippen LogP contribution in [0.4, 0.5) is 0 Å². The van der Waals surface area contributed by atoms with Crippen molar-refractivity contribution in [1.29, 1.82) is 0 Å². The second-order valence-electron chi connectivity index (χ2n) is 4.31. The van der Waals surface area contributed by atoms with Crippen molar-refractivity contribution in [3.05, 3.63) is 22.2 Å². The van der Waals surface area contributed by atoms with Gasteiger partial charge in [0.15, 0.2) is 11.5 Å². The Kier molecular flexibility index (Phi) is 4.66. The molecule has 1 atom stereocenters. The molecule has 1 aliphatic rings. The Balaban J connectivity index is 2.16. The van der Waals surface area contributed by atoms with Gasteiger partial charge in [0.05, 0.1) is 11.1 Å². The Hall–Kier alpha value is -1.27. The highest BCUT2D eigenvalue weighted by Gasteiger charge is 2.19. The molecule has 1 unspecified atom stereocenters. The van der Waals surface area contributed by atoms with Gasteiger partial charge in [-0.05, 0) is 35.0 Å². The molecule has 0 fully saturated rings. The van der Waals surface area contributed by atoms with Crippen molar-refractivity contribution in [2.24, 2.45) is 0 Å². The summed E-state index contributed by atoms with van der Waals surface area (Å²) in [7, 11) is 1.60. The molecular weight excluding hydrogens is 314 g/mol. The van der Waals surface area contributed by atoms with Crippen LogP contribution in [0.25, 0.3) is 0 Å². The molecule has 0 aromatic heterocycles. The number of halogens is 1. The predicted octanol–water partition coefficient (Wildman–Crippen LogP) is 1.98. The Bertz CT molecular complexity index is 478. The lowest BCUT2D eigenvalue weighted by atomic mass is 10.1. The zero-order chi connectivity index (χ0) is 13.8. The molecule has 6 heteroatoms. The highest BCUT2D eigenvalue weighted by atomic mass is 79.9. The molecule has 1 aromatic carbocycles. The number of hydrogen-bond donors (Lipinski definition) is 1. The van der Waals surface area contributed by atoms with E-state index in [2.05, 4.69) is 21.2 Å². The maximum atomic E-state index is 12.1. The van der Waals surface area contributed by atoms with Crippen LogP contribution in [0.1, 0.15) is 17.3 Å². The molecule has 0 spiro atoms. The Labute approximate surface area is 120 Å². The summed E-state index contributed by atoms with van der Waals surface area (Å²) in [5.41, 5.74) is 0.527. The summed E-state index contributed by atoms with van der Waals surface area (Å²) in [5.74, 6) is 1.07. The molecule has 19 heavy (non-hydrogen) atoms. The zero-order valence-electron chi connectivity index (χ0n) is 10.9. The first-order chi connectivity index (χ1) is 9.11. The van der Waals surface area contributed by atoms with Crippen molar-refractivity contribution in [2.45, 2.75) is 13.0 Å². The van der Waals surface area contributed by atoms with Gasteiger partial charge < -0.3 is 19.5 Å². The van der Waals surface area contributed by atoms with E-state index in [1.54, 1.807) is 19.2 Å². The van der Waals surface area contributed by atoms with Crippen LogP contribution in [-0.2, 0) is 4.74 Å². The Morgan fingerprint density at radius 2 is 2.21 bits per heavy atom. The number of fused-ring (bicyclic) bond motifs is 1. The van der Waals surface area contributed by atoms with Crippen LogP contribution in [0.15, 0.2) is 16.6 Å². The number of nitrogens with one attached hydrogen (secondary N) is 1. The fraction of sp³-hybridized carbons (Fsp3) is 0.462. The Morgan fingerprint density at radius 3 is 2.95 bits per heavy atom. The number of ether oxygens (including phenoxy) is 3. The second kappa shape index (κ2) is 6.25. The van der Waals surface area contributed by atoms with Gasteiger partial charge >= 0.3 is 0 Å². The van der Waals surface area contributed by atoms with Crippen LogP contribution in [0, 0.1) is 0 Å². The summed E-state index contributed by atoms with van der Waals surface area (Å²) >= 11 is 3.39. The number of carbonyl (C=O) groups excluding carboxylic acids is 1. The molecule has 0 saturated heterocycles. The van der Waals surface area contributed by atoms with E-state index in [1.165, 1.54) is 0 Å². The number of hydrogen-bond acceptors (Lipinski definition) is 4. The van der Waals surface area contributed by atoms with Gasteiger partial charge in [0.25, 0.3) is 5.91 Å². The topological polar surface area (TPSA) is 56.8 Å². The molecule has 1 heterocycles.